The lowest BCUT2D eigenvalue weighted by atomic mass is 9.68. The summed E-state index contributed by atoms with van der Waals surface area (Å²) in [5.74, 6) is 0.620. The Morgan fingerprint density at radius 3 is 2.11 bits per heavy atom. The molecule has 0 bridgehead atoms. The molecule has 0 radical (unpaired) electrons. The molecular formula is C29H39N3O3S. The minimum Gasteiger partial charge on any atom is -0.318 e. The second-order valence-electron chi connectivity index (χ2n) is 11.5. The maximum atomic E-state index is 13.8. The molecule has 1 aliphatic heterocycles. The molecule has 1 heterocycles. The van der Waals surface area contributed by atoms with Gasteiger partial charge in [0.15, 0.2) is 9.84 Å². The molecule has 7 heteroatoms. The molecule has 2 aromatic rings. The van der Waals surface area contributed by atoms with Crippen LogP contribution in [-0.2, 0) is 21.9 Å². The molecule has 2 amide bonds. The summed E-state index contributed by atoms with van der Waals surface area (Å²) >= 11 is 0. The van der Waals surface area contributed by atoms with E-state index in [4.69, 9.17) is 0 Å². The van der Waals surface area contributed by atoms with E-state index in [0.717, 1.165) is 44.3 Å². The van der Waals surface area contributed by atoms with Crippen molar-refractivity contribution in [3.63, 3.8) is 0 Å². The van der Waals surface area contributed by atoms with Crippen LogP contribution in [0, 0.1) is 5.92 Å². The van der Waals surface area contributed by atoms with Gasteiger partial charge in [0.05, 0.1) is 10.4 Å². The number of urea groups is 1. The van der Waals surface area contributed by atoms with Crippen molar-refractivity contribution >= 4 is 15.9 Å². The van der Waals surface area contributed by atoms with Gasteiger partial charge in [0.1, 0.15) is 0 Å². The van der Waals surface area contributed by atoms with Crippen molar-refractivity contribution in [2.45, 2.75) is 67.5 Å². The maximum Gasteiger partial charge on any atom is 0.320 e. The largest absolute Gasteiger partial charge is 0.320 e. The summed E-state index contributed by atoms with van der Waals surface area (Å²) < 4.78 is 23.7. The lowest BCUT2D eigenvalue weighted by Crippen LogP contribution is -2.56. The molecular weight excluding hydrogens is 470 g/mol. The van der Waals surface area contributed by atoms with Crippen molar-refractivity contribution < 1.29 is 13.2 Å². The number of carbonyl (C=O) groups excluding carboxylic acids is 1. The lowest BCUT2D eigenvalue weighted by molar-refractivity contribution is 0.0159. The van der Waals surface area contributed by atoms with Gasteiger partial charge in [0.25, 0.3) is 0 Å². The number of benzene rings is 2. The highest BCUT2D eigenvalue weighted by Crippen LogP contribution is 2.49. The summed E-state index contributed by atoms with van der Waals surface area (Å²) in [6.07, 6.45) is 8.96. The van der Waals surface area contributed by atoms with Crippen molar-refractivity contribution in [3.05, 3.63) is 65.7 Å². The fourth-order valence-corrected chi connectivity index (χ4v) is 7.20. The molecule has 2 aromatic carbocycles. The molecule has 0 atom stereocenters. The van der Waals surface area contributed by atoms with Crippen molar-refractivity contribution in [2.75, 3.05) is 33.4 Å². The van der Waals surface area contributed by atoms with E-state index in [9.17, 15) is 13.2 Å². The maximum absolute atomic E-state index is 13.8. The highest BCUT2D eigenvalue weighted by Gasteiger charge is 2.54. The highest BCUT2D eigenvalue weighted by atomic mass is 32.2. The van der Waals surface area contributed by atoms with E-state index >= 15 is 0 Å². The van der Waals surface area contributed by atoms with Crippen LogP contribution in [0.25, 0.3) is 0 Å². The fourth-order valence-electron chi connectivity index (χ4n) is 6.57. The minimum absolute atomic E-state index is 0.00735. The predicted molar refractivity (Wildman–Crippen MR) is 142 cm³/mol. The van der Waals surface area contributed by atoms with Crippen LogP contribution in [0.2, 0.25) is 0 Å². The predicted octanol–water partition coefficient (Wildman–Crippen LogP) is 4.90. The Balaban J connectivity index is 1.38. The summed E-state index contributed by atoms with van der Waals surface area (Å²) in [6.45, 7) is 2.12. The zero-order valence-electron chi connectivity index (χ0n) is 21.8. The number of hydrogen-bond donors (Lipinski definition) is 0. The first-order valence-electron chi connectivity index (χ1n) is 13.2. The van der Waals surface area contributed by atoms with Crippen LogP contribution in [0.4, 0.5) is 4.79 Å². The molecule has 0 N–H and O–H groups in total. The van der Waals surface area contributed by atoms with Gasteiger partial charge in [-0.05, 0) is 81.8 Å². The summed E-state index contributed by atoms with van der Waals surface area (Å²) in [5.41, 5.74) is 2.20. The average molecular weight is 510 g/mol. The quantitative estimate of drug-likeness (QED) is 0.533. The Morgan fingerprint density at radius 1 is 0.944 bits per heavy atom. The van der Waals surface area contributed by atoms with Gasteiger partial charge >= 0.3 is 6.03 Å². The van der Waals surface area contributed by atoms with Crippen LogP contribution in [0.3, 0.4) is 0 Å². The molecule has 2 aliphatic carbocycles. The molecule has 3 fully saturated rings. The first kappa shape index (κ1) is 25.3. The molecule has 2 saturated carbocycles. The second-order valence-corrected chi connectivity index (χ2v) is 13.5. The van der Waals surface area contributed by atoms with E-state index in [0.29, 0.717) is 17.4 Å². The van der Waals surface area contributed by atoms with E-state index in [1.807, 2.05) is 17.0 Å². The SMILES string of the molecule is CN(C)[C@]1(c2ccccc2)CC[C@@]2(CC1)CN(Cc1ccc(S(C)(=O)=O)cc1)C(=O)N2CC1CCC1. The van der Waals surface area contributed by atoms with E-state index in [1.165, 1.54) is 31.1 Å². The van der Waals surface area contributed by atoms with Crippen LogP contribution < -0.4 is 0 Å². The van der Waals surface area contributed by atoms with E-state index < -0.39 is 9.84 Å². The highest BCUT2D eigenvalue weighted by molar-refractivity contribution is 7.90. The van der Waals surface area contributed by atoms with Crippen molar-refractivity contribution in [3.8, 4) is 0 Å². The number of hydrogen-bond acceptors (Lipinski definition) is 4. The number of carbonyl (C=O) groups is 1. The third-order valence-corrected chi connectivity index (χ3v) is 10.3. The smallest absolute Gasteiger partial charge is 0.318 e. The van der Waals surface area contributed by atoms with Gasteiger partial charge in [-0.2, -0.15) is 0 Å². The third kappa shape index (κ3) is 4.56. The molecule has 194 valence electrons. The summed E-state index contributed by atoms with van der Waals surface area (Å²) in [6, 6.07) is 18.0. The van der Waals surface area contributed by atoms with Gasteiger partial charge < -0.3 is 9.80 Å². The molecule has 6 nitrogen and oxygen atoms in total. The normalized spacial score (nSPS) is 27.2. The van der Waals surface area contributed by atoms with Gasteiger partial charge in [-0.1, -0.05) is 48.9 Å². The first-order valence-corrected chi connectivity index (χ1v) is 15.1. The van der Waals surface area contributed by atoms with E-state index in [2.05, 4.69) is 54.2 Å². The number of amides is 2. The minimum atomic E-state index is -3.23. The molecule has 1 saturated heterocycles. The summed E-state index contributed by atoms with van der Waals surface area (Å²) in [4.78, 5) is 20.7. The lowest BCUT2D eigenvalue weighted by Gasteiger charge is -2.51. The Kier molecular flexibility index (Phi) is 6.66. The second kappa shape index (κ2) is 9.49. The molecule has 36 heavy (non-hydrogen) atoms. The van der Waals surface area contributed by atoms with Gasteiger partial charge in [-0.15, -0.1) is 0 Å². The van der Waals surface area contributed by atoms with Crippen LogP contribution in [0.5, 0.6) is 0 Å². The number of sulfone groups is 1. The number of nitrogens with zero attached hydrogens (tertiary/aromatic N) is 3. The van der Waals surface area contributed by atoms with Crippen molar-refractivity contribution in [2.24, 2.45) is 5.92 Å². The third-order valence-electron chi connectivity index (χ3n) is 9.12. The molecule has 3 aliphatic rings. The molecule has 5 rings (SSSR count). The zero-order valence-corrected chi connectivity index (χ0v) is 22.6. The Bertz CT molecular complexity index is 1180. The Labute approximate surface area is 216 Å². The first-order chi connectivity index (χ1) is 17.1. The molecule has 0 aromatic heterocycles. The van der Waals surface area contributed by atoms with Crippen molar-refractivity contribution in [1.82, 2.24) is 14.7 Å². The van der Waals surface area contributed by atoms with Crippen LogP contribution in [-0.4, -0.2) is 68.1 Å². The number of rotatable bonds is 7. The van der Waals surface area contributed by atoms with Gasteiger partial charge in [-0.3, -0.25) is 4.90 Å². The average Bonchev–Trinajstić information content (AvgIpc) is 3.07. The standard InChI is InChI=1S/C29H39N3O3S/c1-30(2)29(25-10-5-4-6-11-25)18-16-28(17-19-29)22-31(27(33)32(28)21-23-8-7-9-23)20-24-12-14-26(15-13-24)36(3,34)35/h4-6,10-15,23H,7-9,16-22H2,1-3H3/t28-,29-. The topological polar surface area (TPSA) is 60.9 Å². The molecule has 1 spiro atoms. The summed E-state index contributed by atoms with van der Waals surface area (Å²) in [5, 5.41) is 0. The molecule has 0 unspecified atom stereocenters. The Morgan fingerprint density at radius 2 is 1.58 bits per heavy atom. The summed E-state index contributed by atoms with van der Waals surface area (Å²) in [7, 11) is 1.14. The van der Waals surface area contributed by atoms with Crippen LogP contribution in [0.1, 0.15) is 56.1 Å². The van der Waals surface area contributed by atoms with E-state index in [-0.39, 0.29) is 17.1 Å². The Hall–Kier alpha value is -2.38. The zero-order chi connectivity index (χ0) is 25.6. The van der Waals surface area contributed by atoms with Gasteiger partial charge in [-0.25, -0.2) is 13.2 Å². The fraction of sp³-hybridized carbons (Fsp3) is 0.552. The monoisotopic (exact) mass is 509 g/mol. The van der Waals surface area contributed by atoms with Crippen molar-refractivity contribution in [1.29, 1.82) is 0 Å². The van der Waals surface area contributed by atoms with Gasteiger partial charge in [0.2, 0.25) is 0 Å². The van der Waals surface area contributed by atoms with Gasteiger partial charge in [0, 0.05) is 31.4 Å². The van der Waals surface area contributed by atoms with Crippen LogP contribution in [0.15, 0.2) is 59.5 Å². The van der Waals surface area contributed by atoms with Crippen LogP contribution >= 0.6 is 0 Å². The van der Waals surface area contributed by atoms with E-state index in [1.54, 1.807) is 12.1 Å².